The minimum atomic E-state index is 0. The van der Waals surface area contributed by atoms with Gasteiger partial charge in [0.2, 0.25) is 0 Å². The first-order valence-electron chi connectivity index (χ1n) is 11.3. The van der Waals surface area contributed by atoms with Gasteiger partial charge in [0.1, 0.15) is 0 Å². The summed E-state index contributed by atoms with van der Waals surface area (Å²) in [4.78, 5) is 7.58. The van der Waals surface area contributed by atoms with Crippen LogP contribution >= 0.6 is 24.0 Å². The molecule has 31 heavy (non-hydrogen) atoms. The molecule has 0 saturated carbocycles. The largest absolute Gasteiger partial charge is 0.357 e. The summed E-state index contributed by atoms with van der Waals surface area (Å²) in [6.45, 7) is 12.5. The van der Waals surface area contributed by atoms with Crippen molar-refractivity contribution in [1.29, 1.82) is 0 Å². The lowest BCUT2D eigenvalue weighted by molar-refractivity contribution is 0.251. The van der Waals surface area contributed by atoms with E-state index in [4.69, 9.17) is 4.99 Å². The van der Waals surface area contributed by atoms with Gasteiger partial charge in [0.25, 0.3) is 0 Å². The maximum absolute atomic E-state index is 5.00. The van der Waals surface area contributed by atoms with Gasteiger partial charge in [-0.05, 0) is 71.2 Å². The Labute approximate surface area is 204 Å². The van der Waals surface area contributed by atoms with Crippen molar-refractivity contribution in [3.05, 3.63) is 52.8 Å². The van der Waals surface area contributed by atoms with Crippen molar-refractivity contribution >= 4 is 29.9 Å². The number of hydrogen-bond donors (Lipinski definition) is 2. The van der Waals surface area contributed by atoms with Crippen LogP contribution in [0.2, 0.25) is 0 Å². The summed E-state index contributed by atoms with van der Waals surface area (Å²) in [5.41, 5.74) is 5.03. The van der Waals surface area contributed by atoms with E-state index in [0.717, 1.165) is 44.3 Å². The first kappa shape index (κ1) is 25.6. The van der Waals surface area contributed by atoms with Crippen LogP contribution in [0.25, 0.3) is 0 Å². The van der Waals surface area contributed by atoms with Crippen molar-refractivity contribution in [3.63, 3.8) is 0 Å². The highest BCUT2D eigenvalue weighted by molar-refractivity contribution is 14.0. The molecule has 1 aliphatic rings. The van der Waals surface area contributed by atoms with Crippen LogP contribution in [-0.2, 0) is 13.5 Å². The Morgan fingerprint density at radius 1 is 1.16 bits per heavy atom. The Morgan fingerprint density at radius 3 is 2.42 bits per heavy atom. The molecule has 1 fully saturated rings. The molecule has 1 aromatic carbocycles. The third kappa shape index (κ3) is 6.94. The number of nitrogens with one attached hydrogen (secondary N) is 2. The van der Waals surface area contributed by atoms with Gasteiger partial charge >= 0.3 is 0 Å². The van der Waals surface area contributed by atoms with Crippen molar-refractivity contribution in [1.82, 2.24) is 25.3 Å². The molecule has 3 rings (SSSR count). The van der Waals surface area contributed by atoms with Gasteiger partial charge in [0.05, 0.1) is 18.3 Å². The summed E-state index contributed by atoms with van der Waals surface area (Å²) in [6, 6.07) is 11.4. The van der Waals surface area contributed by atoms with E-state index in [2.05, 4.69) is 78.7 Å². The molecule has 1 saturated heterocycles. The van der Waals surface area contributed by atoms with Crippen LogP contribution < -0.4 is 10.6 Å². The number of aromatic nitrogens is 2. The Bertz CT molecular complexity index is 826. The standard InChI is InChI=1S/C24H38N6.HI/c1-6-25-24(27-18(2)16-22-19(3)28-29(5)20(22)4)26-17-23(30-14-10-11-15-30)21-12-8-7-9-13-21;/h7-9,12-13,18,23H,6,10-11,14-17H2,1-5H3,(H2,25,26,27);1H. The van der Waals surface area contributed by atoms with Gasteiger partial charge in [-0.25, -0.2) is 0 Å². The predicted molar refractivity (Wildman–Crippen MR) is 140 cm³/mol. The number of aliphatic imine (C=N–C) groups is 1. The second-order valence-corrected chi connectivity index (χ2v) is 8.41. The minimum Gasteiger partial charge on any atom is -0.357 e. The molecule has 2 heterocycles. The fourth-order valence-corrected chi connectivity index (χ4v) is 4.36. The van der Waals surface area contributed by atoms with Crippen molar-refractivity contribution in [3.8, 4) is 0 Å². The highest BCUT2D eigenvalue weighted by Gasteiger charge is 2.23. The van der Waals surface area contributed by atoms with Gasteiger partial charge in [-0.3, -0.25) is 14.6 Å². The van der Waals surface area contributed by atoms with E-state index in [9.17, 15) is 0 Å². The van der Waals surface area contributed by atoms with E-state index in [1.165, 1.54) is 29.7 Å². The average molecular weight is 539 g/mol. The van der Waals surface area contributed by atoms with E-state index >= 15 is 0 Å². The number of hydrogen-bond acceptors (Lipinski definition) is 3. The quantitative estimate of drug-likeness (QED) is 0.304. The summed E-state index contributed by atoms with van der Waals surface area (Å²) in [5, 5.41) is 11.6. The van der Waals surface area contributed by atoms with Crippen molar-refractivity contribution in [2.24, 2.45) is 12.0 Å². The fraction of sp³-hybridized carbons (Fsp3) is 0.583. The molecule has 0 aliphatic carbocycles. The number of likely N-dealkylation sites (tertiary alicyclic amines) is 1. The molecule has 0 spiro atoms. The number of nitrogens with zero attached hydrogens (tertiary/aromatic N) is 4. The van der Waals surface area contributed by atoms with Crippen LogP contribution in [0.4, 0.5) is 0 Å². The SMILES string of the molecule is CCNC(=NCC(c1ccccc1)N1CCCC1)NC(C)Cc1c(C)nn(C)c1C.I. The van der Waals surface area contributed by atoms with E-state index in [1.807, 2.05) is 11.7 Å². The van der Waals surface area contributed by atoms with Crippen LogP contribution in [0.5, 0.6) is 0 Å². The molecule has 6 nitrogen and oxygen atoms in total. The van der Waals surface area contributed by atoms with Gasteiger partial charge < -0.3 is 10.6 Å². The molecule has 7 heteroatoms. The smallest absolute Gasteiger partial charge is 0.191 e. The Balaban J connectivity index is 0.00000341. The first-order valence-corrected chi connectivity index (χ1v) is 11.3. The Morgan fingerprint density at radius 2 is 1.84 bits per heavy atom. The zero-order valence-electron chi connectivity index (χ0n) is 19.7. The maximum Gasteiger partial charge on any atom is 0.191 e. The molecule has 1 aromatic heterocycles. The van der Waals surface area contributed by atoms with Gasteiger partial charge in [-0.1, -0.05) is 30.3 Å². The molecule has 0 amide bonds. The average Bonchev–Trinajstić information content (AvgIpc) is 3.34. The molecular formula is C24H39IN6. The van der Waals surface area contributed by atoms with E-state index in [0.29, 0.717) is 6.04 Å². The van der Waals surface area contributed by atoms with E-state index in [-0.39, 0.29) is 30.0 Å². The third-order valence-electron chi connectivity index (χ3n) is 6.08. The summed E-state index contributed by atoms with van der Waals surface area (Å²) < 4.78 is 1.97. The van der Waals surface area contributed by atoms with Crippen molar-refractivity contribution < 1.29 is 0 Å². The predicted octanol–water partition coefficient (Wildman–Crippen LogP) is 3.98. The third-order valence-corrected chi connectivity index (χ3v) is 6.08. The first-order chi connectivity index (χ1) is 14.5. The zero-order chi connectivity index (χ0) is 21.5. The highest BCUT2D eigenvalue weighted by Crippen LogP contribution is 2.25. The Kier molecular flexibility index (Phi) is 10.3. The monoisotopic (exact) mass is 538 g/mol. The summed E-state index contributed by atoms with van der Waals surface area (Å²) >= 11 is 0. The van der Waals surface area contributed by atoms with Crippen LogP contribution in [0.3, 0.4) is 0 Å². The molecule has 0 radical (unpaired) electrons. The topological polar surface area (TPSA) is 57.5 Å². The lowest BCUT2D eigenvalue weighted by Gasteiger charge is -2.27. The lowest BCUT2D eigenvalue weighted by Crippen LogP contribution is -2.43. The number of guanidine groups is 1. The molecule has 2 N–H and O–H groups in total. The Hall–Kier alpha value is -1.61. The van der Waals surface area contributed by atoms with Gasteiger partial charge in [-0.2, -0.15) is 5.10 Å². The van der Waals surface area contributed by atoms with Crippen LogP contribution in [0, 0.1) is 13.8 Å². The second kappa shape index (κ2) is 12.4. The molecule has 2 unspecified atom stereocenters. The molecule has 0 bridgehead atoms. The highest BCUT2D eigenvalue weighted by atomic mass is 127. The van der Waals surface area contributed by atoms with Gasteiger partial charge in [0.15, 0.2) is 5.96 Å². The maximum atomic E-state index is 5.00. The lowest BCUT2D eigenvalue weighted by atomic mass is 10.1. The van der Waals surface area contributed by atoms with Crippen molar-refractivity contribution in [2.45, 2.75) is 59.0 Å². The van der Waals surface area contributed by atoms with Crippen molar-refractivity contribution in [2.75, 3.05) is 26.2 Å². The summed E-state index contributed by atoms with van der Waals surface area (Å²) in [7, 11) is 2.01. The molecule has 1 aliphatic heterocycles. The number of benzene rings is 1. The second-order valence-electron chi connectivity index (χ2n) is 8.41. The van der Waals surface area contributed by atoms with Crippen LogP contribution in [0.1, 0.15) is 55.2 Å². The van der Waals surface area contributed by atoms with E-state index < -0.39 is 0 Å². The number of rotatable bonds is 8. The van der Waals surface area contributed by atoms with Crippen LogP contribution in [-0.4, -0.2) is 52.9 Å². The molecular weight excluding hydrogens is 499 g/mol. The van der Waals surface area contributed by atoms with Gasteiger partial charge in [-0.15, -0.1) is 24.0 Å². The summed E-state index contributed by atoms with van der Waals surface area (Å²) in [6.07, 6.45) is 3.50. The minimum absolute atomic E-state index is 0. The molecule has 172 valence electrons. The van der Waals surface area contributed by atoms with Gasteiger partial charge in [0, 0.05) is 25.3 Å². The number of halogens is 1. The number of aryl methyl sites for hydroxylation is 2. The fourth-order valence-electron chi connectivity index (χ4n) is 4.36. The molecule has 2 atom stereocenters. The summed E-state index contributed by atoms with van der Waals surface area (Å²) in [5.74, 6) is 0.893. The van der Waals surface area contributed by atoms with Crippen LogP contribution in [0.15, 0.2) is 35.3 Å². The normalized spacial score (nSPS) is 16.6. The van der Waals surface area contributed by atoms with E-state index in [1.54, 1.807) is 0 Å². The zero-order valence-corrected chi connectivity index (χ0v) is 22.0. The molecule has 2 aromatic rings.